The molecule has 7 heteroatoms. The molecule has 1 saturated carbocycles. The van der Waals surface area contributed by atoms with Crippen LogP contribution < -0.4 is 9.47 Å². The topological polar surface area (TPSA) is 63.2 Å². The van der Waals surface area contributed by atoms with Crippen LogP contribution in [-0.2, 0) is 19.5 Å². The summed E-state index contributed by atoms with van der Waals surface area (Å²) in [5.74, 6) is 1.19. The van der Waals surface area contributed by atoms with Crippen molar-refractivity contribution in [2.75, 3.05) is 14.2 Å². The summed E-state index contributed by atoms with van der Waals surface area (Å²) < 4.78 is 31.8. The Bertz CT molecular complexity index is 1530. The monoisotopic (exact) mass is 652 g/mol. The number of ether oxygens (including phenoxy) is 4. The van der Waals surface area contributed by atoms with Gasteiger partial charge in [0.05, 0.1) is 32.0 Å². The van der Waals surface area contributed by atoms with Gasteiger partial charge in [-0.3, -0.25) is 0 Å². The SMILES string of the molecule is COc1ccc(C(O[C@H]2C[C@H](OC(=O)c3ccccc3)C[C@@H](O[Si](C)(C)C(C)(C)C)C2)(c2ccccc2)c2ccc(OC)cc2)cc1. The Hall–Kier alpha value is -3.91. The van der Waals surface area contributed by atoms with Gasteiger partial charge in [-0.05, 0) is 77.6 Å². The molecule has 6 nitrogen and oxygen atoms in total. The van der Waals surface area contributed by atoms with Gasteiger partial charge in [0.15, 0.2) is 8.32 Å². The second-order valence-corrected chi connectivity index (χ2v) is 18.6. The van der Waals surface area contributed by atoms with Crippen LogP contribution in [0.1, 0.15) is 67.1 Å². The fourth-order valence-corrected chi connectivity index (χ4v) is 7.50. The number of carbonyl (C=O) groups is 1. The molecule has 1 aliphatic rings. The molecule has 0 aliphatic heterocycles. The maximum atomic E-state index is 13.3. The van der Waals surface area contributed by atoms with Gasteiger partial charge in [-0.15, -0.1) is 0 Å². The van der Waals surface area contributed by atoms with Crippen molar-refractivity contribution < 1.29 is 28.2 Å². The number of benzene rings is 4. The van der Waals surface area contributed by atoms with E-state index in [1.807, 2.05) is 60.7 Å². The molecule has 0 amide bonds. The molecular formula is C40H48O6Si. The molecule has 4 aromatic carbocycles. The number of methoxy groups -OCH3 is 2. The van der Waals surface area contributed by atoms with E-state index in [9.17, 15) is 4.79 Å². The third kappa shape index (κ3) is 7.81. The zero-order valence-electron chi connectivity index (χ0n) is 28.7. The molecular weight excluding hydrogens is 605 g/mol. The Morgan fingerprint density at radius 3 is 1.55 bits per heavy atom. The third-order valence-corrected chi connectivity index (χ3v) is 14.2. The van der Waals surface area contributed by atoms with Crippen LogP contribution in [0.5, 0.6) is 11.5 Å². The lowest BCUT2D eigenvalue weighted by Gasteiger charge is -2.45. The van der Waals surface area contributed by atoms with Crippen molar-refractivity contribution in [1.82, 2.24) is 0 Å². The highest BCUT2D eigenvalue weighted by atomic mass is 28.4. The summed E-state index contributed by atoms with van der Waals surface area (Å²) in [5, 5.41) is 0.0248. The third-order valence-electron chi connectivity index (χ3n) is 9.64. The molecule has 0 bridgehead atoms. The lowest BCUT2D eigenvalue weighted by atomic mass is 9.79. The van der Waals surface area contributed by atoms with E-state index in [-0.39, 0.29) is 29.3 Å². The Labute approximate surface area is 281 Å². The van der Waals surface area contributed by atoms with Gasteiger partial charge in [0.2, 0.25) is 0 Å². The fraction of sp³-hybridized carbons (Fsp3) is 0.375. The second kappa shape index (κ2) is 14.5. The van der Waals surface area contributed by atoms with Crippen LogP contribution in [0.4, 0.5) is 0 Å². The largest absolute Gasteiger partial charge is 0.497 e. The van der Waals surface area contributed by atoms with Gasteiger partial charge < -0.3 is 23.4 Å². The average molecular weight is 653 g/mol. The highest BCUT2D eigenvalue weighted by molar-refractivity contribution is 6.74. The lowest BCUT2D eigenvalue weighted by molar-refractivity contribution is -0.109. The maximum absolute atomic E-state index is 13.3. The molecule has 1 aliphatic carbocycles. The zero-order valence-corrected chi connectivity index (χ0v) is 29.7. The van der Waals surface area contributed by atoms with E-state index in [0.29, 0.717) is 24.8 Å². The summed E-state index contributed by atoms with van der Waals surface area (Å²) in [6.07, 6.45) is 1.02. The molecule has 1 fully saturated rings. The predicted molar refractivity (Wildman–Crippen MR) is 189 cm³/mol. The molecule has 0 unspecified atom stereocenters. The highest BCUT2D eigenvalue weighted by Gasteiger charge is 2.46. The predicted octanol–water partition coefficient (Wildman–Crippen LogP) is 9.18. The van der Waals surface area contributed by atoms with E-state index in [4.69, 9.17) is 23.4 Å². The van der Waals surface area contributed by atoms with Crippen LogP contribution in [-0.4, -0.2) is 46.8 Å². The molecule has 4 aromatic rings. The molecule has 0 heterocycles. The van der Waals surface area contributed by atoms with E-state index in [2.05, 4.69) is 70.3 Å². The van der Waals surface area contributed by atoms with Crippen LogP contribution in [0.3, 0.4) is 0 Å². The van der Waals surface area contributed by atoms with E-state index in [1.54, 1.807) is 26.4 Å². The first-order valence-electron chi connectivity index (χ1n) is 16.4. The van der Waals surface area contributed by atoms with Crippen molar-refractivity contribution in [2.45, 2.75) is 82.1 Å². The Morgan fingerprint density at radius 1 is 0.617 bits per heavy atom. The molecule has 47 heavy (non-hydrogen) atoms. The van der Waals surface area contributed by atoms with Crippen molar-refractivity contribution in [1.29, 1.82) is 0 Å². The first kappa shape index (κ1) is 34.4. The summed E-state index contributed by atoms with van der Waals surface area (Å²) in [6.45, 7) is 11.3. The Balaban J connectivity index is 1.59. The van der Waals surface area contributed by atoms with Crippen molar-refractivity contribution in [3.8, 4) is 11.5 Å². The van der Waals surface area contributed by atoms with Gasteiger partial charge in [0, 0.05) is 12.8 Å². The quantitative estimate of drug-likeness (QED) is 0.0915. The van der Waals surface area contributed by atoms with Gasteiger partial charge >= 0.3 is 5.97 Å². The van der Waals surface area contributed by atoms with Crippen LogP contribution >= 0.6 is 0 Å². The second-order valence-electron chi connectivity index (χ2n) is 13.8. The van der Waals surface area contributed by atoms with Gasteiger partial charge in [-0.25, -0.2) is 4.79 Å². The number of esters is 1. The fourth-order valence-electron chi connectivity index (χ4n) is 6.12. The summed E-state index contributed by atoms with van der Waals surface area (Å²) >= 11 is 0. The first-order valence-corrected chi connectivity index (χ1v) is 19.3. The summed E-state index contributed by atoms with van der Waals surface area (Å²) in [7, 11) is 1.18. The summed E-state index contributed by atoms with van der Waals surface area (Å²) in [5.41, 5.74) is 2.45. The minimum atomic E-state index is -2.15. The number of hydrogen-bond donors (Lipinski definition) is 0. The van der Waals surface area contributed by atoms with Crippen LogP contribution in [0.15, 0.2) is 109 Å². The number of hydrogen-bond acceptors (Lipinski definition) is 6. The molecule has 0 aromatic heterocycles. The standard InChI is InChI=1S/C40H48O6Si/c1-39(2,3)47(6,7)46-37-27-35(44-38(41)29-14-10-8-11-15-29)26-36(28-37)45-40(30-16-12-9-13-17-30,31-18-22-33(42-4)23-19-31)32-20-24-34(43-5)25-21-32/h8-25,35-37H,26-28H2,1-7H3/t35-,36-,37+/m0/s1. The molecule has 3 atom stereocenters. The smallest absolute Gasteiger partial charge is 0.338 e. The Morgan fingerprint density at radius 2 is 1.06 bits per heavy atom. The highest BCUT2D eigenvalue weighted by Crippen LogP contribution is 2.46. The minimum Gasteiger partial charge on any atom is -0.497 e. The van der Waals surface area contributed by atoms with Crippen molar-refractivity contribution >= 4 is 14.3 Å². The molecule has 0 N–H and O–H groups in total. The van der Waals surface area contributed by atoms with Crippen LogP contribution in [0.25, 0.3) is 0 Å². The molecule has 0 saturated heterocycles. The number of rotatable bonds is 11. The van der Waals surface area contributed by atoms with E-state index >= 15 is 0 Å². The van der Waals surface area contributed by atoms with Crippen molar-refractivity contribution in [2.24, 2.45) is 0 Å². The minimum absolute atomic E-state index is 0.0248. The van der Waals surface area contributed by atoms with Crippen molar-refractivity contribution in [3.05, 3.63) is 131 Å². The van der Waals surface area contributed by atoms with Crippen LogP contribution in [0, 0.1) is 0 Å². The number of carbonyl (C=O) groups excluding carboxylic acids is 1. The molecule has 248 valence electrons. The molecule has 0 radical (unpaired) electrons. The summed E-state index contributed by atoms with van der Waals surface area (Å²) in [6, 6.07) is 35.6. The van der Waals surface area contributed by atoms with Gasteiger partial charge in [-0.1, -0.05) is 93.6 Å². The molecule has 0 spiro atoms. The zero-order chi connectivity index (χ0) is 33.7. The van der Waals surface area contributed by atoms with E-state index in [1.165, 1.54) is 0 Å². The normalized spacial score (nSPS) is 18.7. The van der Waals surface area contributed by atoms with Crippen LogP contribution in [0.2, 0.25) is 18.1 Å². The van der Waals surface area contributed by atoms with Gasteiger partial charge in [-0.2, -0.15) is 0 Å². The Kier molecular flexibility index (Phi) is 10.6. The van der Waals surface area contributed by atoms with Gasteiger partial charge in [0.1, 0.15) is 23.2 Å². The van der Waals surface area contributed by atoms with E-state index in [0.717, 1.165) is 28.2 Å². The summed E-state index contributed by atoms with van der Waals surface area (Å²) in [4.78, 5) is 13.3. The van der Waals surface area contributed by atoms with E-state index < -0.39 is 13.9 Å². The van der Waals surface area contributed by atoms with Crippen molar-refractivity contribution in [3.63, 3.8) is 0 Å². The first-order chi connectivity index (χ1) is 22.4. The molecule has 5 rings (SSSR count). The lowest BCUT2D eigenvalue weighted by Crippen LogP contribution is -2.49. The maximum Gasteiger partial charge on any atom is 0.338 e. The average Bonchev–Trinajstić information content (AvgIpc) is 3.07. The van der Waals surface area contributed by atoms with Gasteiger partial charge in [0.25, 0.3) is 0 Å².